The van der Waals surface area contributed by atoms with Crippen molar-refractivity contribution in [3.63, 3.8) is 0 Å². The molecule has 0 unspecified atom stereocenters. The maximum absolute atomic E-state index is 12.3. The Morgan fingerprint density at radius 3 is 2.52 bits per heavy atom. The molecule has 1 amide bonds. The molecule has 1 aromatic carbocycles. The van der Waals surface area contributed by atoms with Gasteiger partial charge in [-0.05, 0) is 24.4 Å². The van der Waals surface area contributed by atoms with Crippen LogP contribution in [0.2, 0.25) is 0 Å². The van der Waals surface area contributed by atoms with Gasteiger partial charge < -0.3 is 5.32 Å². The minimum Gasteiger partial charge on any atom is -0.331 e. The molecule has 2 heterocycles. The molecule has 11 nitrogen and oxygen atoms in total. The number of carbonyl (C=O) groups is 1. The summed E-state index contributed by atoms with van der Waals surface area (Å²) in [6, 6.07) is 9.18. The van der Waals surface area contributed by atoms with E-state index in [9.17, 15) is 14.4 Å². The quantitative estimate of drug-likeness (QED) is 0.379. The number of hydrogen-bond donors (Lipinski definition) is 3. The number of nitrogens with zero attached hydrogens (tertiary/aromatic N) is 5. The second-order valence-electron chi connectivity index (χ2n) is 5.62. The van der Waals surface area contributed by atoms with Crippen molar-refractivity contribution < 1.29 is 4.79 Å². The van der Waals surface area contributed by atoms with Gasteiger partial charge in [-0.2, -0.15) is 0 Å². The monoisotopic (exact) mass is 388 g/mol. The highest BCUT2D eigenvalue weighted by Crippen LogP contribution is 2.04. The van der Waals surface area contributed by atoms with Crippen molar-refractivity contribution in [2.24, 2.45) is 14.1 Å². The third-order valence-electron chi connectivity index (χ3n) is 3.76. The van der Waals surface area contributed by atoms with Gasteiger partial charge in [-0.25, -0.2) is 9.48 Å². The number of aromatic nitrogens is 5. The molecule has 0 radical (unpaired) electrons. The van der Waals surface area contributed by atoms with Crippen molar-refractivity contribution in [3.05, 3.63) is 51.2 Å². The highest BCUT2D eigenvalue weighted by atomic mass is 32.1. The molecule has 12 heteroatoms. The van der Waals surface area contributed by atoms with Gasteiger partial charge in [-0.1, -0.05) is 23.4 Å². The highest BCUT2D eigenvalue weighted by molar-refractivity contribution is 7.80. The van der Waals surface area contributed by atoms with Crippen LogP contribution >= 0.6 is 12.2 Å². The Morgan fingerprint density at radius 1 is 1.11 bits per heavy atom. The van der Waals surface area contributed by atoms with Crippen LogP contribution in [0.5, 0.6) is 0 Å². The van der Waals surface area contributed by atoms with Gasteiger partial charge in [-0.3, -0.25) is 29.6 Å². The van der Waals surface area contributed by atoms with E-state index in [2.05, 4.69) is 26.5 Å². The van der Waals surface area contributed by atoms with Crippen LogP contribution in [0.4, 0.5) is 5.69 Å². The molecule has 0 saturated heterocycles. The van der Waals surface area contributed by atoms with Gasteiger partial charge in [0, 0.05) is 19.8 Å². The van der Waals surface area contributed by atoms with E-state index in [1.54, 1.807) is 0 Å². The van der Waals surface area contributed by atoms with Crippen LogP contribution in [-0.4, -0.2) is 35.1 Å². The predicted molar refractivity (Wildman–Crippen MR) is 102 cm³/mol. The second-order valence-corrected chi connectivity index (χ2v) is 6.03. The minimum absolute atomic E-state index is 0.0553. The van der Waals surface area contributed by atoms with Gasteiger partial charge in [0.1, 0.15) is 6.54 Å². The smallest absolute Gasteiger partial charge is 0.331 e. The first-order valence-corrected chi connectivity index (χ1v) is 8.19. The molecule has 0 saturated carbocycles. The van der Waals surface area contributed by atoms with E-state index in [0.29, 0.717) is 0 Å². The summed E-state index contributed by atoms with van der Waals surface area (Å²) in [6.07, 6.45) is 0. The standard InChI is InChI=1S/C15H16N8O3S/c1-21-12-11(13(25)22(2)15(21)26)23(20-18-12)8-10(24)17-19-14(27)16-9-6-4-3-5-7-9/h3-7H,8H2,1-2H3,(H,17,24)(H2,16,19,27). The first-order valence-electron chi connectivity index (χ1n) is 7.78. The molecule has 140 valence electrons. The Bertz CT molecular complexity index is 1130. The average molecular weight is 388 g/mol. The molecule has 3 N–H and O–H groups in total. The number of fused-ring (bicyclic) bond motifs is 1. The molecule has 0 spiro atoms. The van der Waals surface area contributed by atoms with E-state index >= 15 is 0 Å². The molecular weight excluding hydrogens is 372 g/mol. The summed E-state index contributed by atoms with van der Waals surface area (Å²) in [5.74, 6) is -0.505. The first kappa shape index (κ1) is 18.3. The van der Waals surface area contributed by atoms with E-state index in [0.717, 1.165) is 14.9 Å². The summed E-state index contributed by atoms with van der Waals surface area (Å²) >= 11 is 5.09. The summed E-state index contributed by atoms with van der Waals surface area (Å²) in [4.78, 5) is 36.3. The predicted octanol–water partition coefficient (Wildman–Crippen LogP) is -1.15. The van der Waals surface area contributed by atoms with Gasteiger partial charge >= 0.3 is 5.69 Å². The number of benzene rings is 1. The van der Waals surface area contributed by atoms with Crippen LogP contribution in [0.15, 0.2) is 39.9 Å². The van der Waals surface area contributed by atoms with E-state index in [1.165, 1.54) is 18.7 Å². The van der Waals surface area contributed by atoms with Crippen molar-refractivity contribution in [1.29, 1.82) is 0 Å². The lowest BCUT2D eigenvalue weighted by molar-refractivity contribution is -0.122. The lowest BCUT2D eigenvalue weighted by Gasteiger charge is -2.11. The van der Waals surface area contributed by atoms with Crippen molar-refractivity contribution in [2.75, 3.05) is 5.32 Å². The number of hydrogen-bond acceptors (Lipinski definition) is 6. The van der Waals surface area contributed by atoms with E-state index in [1.807, 2.05) is 30.3 Å². The van der Waals surface area contributed by atoms with Crippen LogP contribution in [0.1, 0.15) is 0 Å². The normalized spacial score (nSPS) is 10.6. The van der Waals surface area contributed by atoms with Crippen molar-refractivity contribution in [1.82, 2.24) is 35.0 Å². The molecule has 0 aliphatic heterocycles. The highest BCUT2D eigenvalue weighted by Gasteiger charge is 2.17. The topological polar surface area (TPSA) is 128 Å². The number of amides is 1. The SMILES string of the molecule is Cn1c(=O)c2c(nnn2CC(=O)NNC(=S)Nc2ccccc2)n(C)c1=O. The third-order valence-corrected chi connectivity index (χ3v) is 3.96. The molecule has 27 heavy (non-hydrogen) atoms. The van der Waals surface area contributed by atoms with Crippen LogP contribution in [-0.2, 0) is 25.4 Å². The second kappa shape index (κ2) is 7.37. The zero-order valence-electron chi connectivity index (χ0n) is 14.5. The average Bonchev–Trinajstić information content (AvgIpc) is 3.07. The van der Waals surface area contributed by atoms with Gasteiger partial charge in [0.05, 0.1) is 0 Å². The van der Waals surface area contributed by atoms with E-state index in [-0.39, 0.29) is 22.8 Å². The zero-order valence-corrected chi connectivity index (χ0v) is 15.3. The molecule has 0 atom stereocenters. The maximum Gasteiger partial charge on any atom is 0.332 e. The molecule has 3 aromatic rings. The number of thiocarbonyl (C=S) groups is 1. The fraction of sp³-hybridized carbons (Fsp3) is 0.200. The van der Waals surface area contributed by atoms with Gasteiger partial charge in [-0.15, -0.1) is 5.10 Å². The lowest BCUT2D eigenvalue weighted by Crippen LogP contribution is -2.45. The Labute approximate surface area is 157 Å². The largest absolute Gasteiger partial charge is 0.332 e. The molecule has 0 fully saturated rings. The molecule has 0 aliphatic carbocycles. The van der Waals surface area contributed by atoms with Gasteiger partial charge in [0.15, 0.2) is 16.3 Å². The summed E-state index contributed by atoms with van der Waals surface area (Å²) in [7, 11) is 2.81. The van der Waals surface area contributed by atoms with Crippen LogP contribution in [0, 0.1) is 0 Å². The molecule has 0 bridgehead atoms. The summed E-state index contributed by atoms with van der Waals surface area (Å²) < 4.78 is 3.24. The number of aryl methyl sites for hydroxylation is 1. The van der Waals surface area contributed by atoms with Gasteiger partial charge in [0.2, 0.25) is 0 Å². The third kappa shape index (κ3) is 3.69. The summed E-state index contributed by atoms with van der Waals surface area (Å²) in [5.41, 5.74) is 4.77. The minimum atomic E-state index is -0.583. The van der Waals surface area contributed by atoms with Crippen molar-refractivity contribution in [3.8, 4) is 0 Å². The zero-order chi connectivity index (χ0) is 19.6. The number of rotatable bonds is 3. The van der Waals surface area contributed by atoms with E-state index < -0.39 is 17.2 Å². The fourth-order valence-electron chi connectivity index (χ4n) is 2.39. The Hall–Kier alpha value is -3.54. The van der Waals surface area contributed by atoms with Crippen LogP contribution in [0.3, 0.4) is 0 Å². The lowest BCUT2D eigenvalue weighted by atomic mass is 10.3. The Balaban J connectivity index is 1.69. The fourth-order valence-corrected chi connectivity index (χ4v) is 2.56. The number of carbonyl (C=O) groups excluding carboxylic acids is 1. The molecular formula is C15H16N8O3S. The first-order chi connectivity index (χ1) is 12.9. The Morgan fingerprint density at radius 2 is 1.81 bits per heavy atom. The molecule has 0 aliphatic rings. The molecule has 3 rings (SSSR count). The van der Waals surface area contributed by atoms with Crippen molar-refractivity contribution >= 4 is 40.1 Å². The summed E-state index contributed by atoms with van der Waals surface area (Å²) in [5, 5.41) is 10.7. The number of nitrogens with one attached hydrogen (secondary N) is 3. The molecule has 2 aromatic heterocycles. The Kier molecular flexibility index (Phi) is 4.98. The van der Waals surface area contributed by atoms with Crippen LogP contribution < -0.4 is 27.4 Å². The van der Waals surface area contributed by atoms with Gasteiger partial charge in [0.25, 0.3) is 11.5 Å². The maximum atomic E-state index is 12.3. The van der Waals surface area contributed by atoms with E-state index in [4.69, 9.17) is 12.2 Å². The number of anilines is 1. The number of hydrazine groups is 1. The van der Waals surface area contributed by atoms with Crippen molar-refractivity contribution in [2.45, 2.75) is 6.54 Å². The van der Waals surface area contributed by atoms with Crippen LogP contribution in [0.25, 0.3) is 11.2 Å². The number of para-hydroxylation sites is 1. The summed E-state index contributed by atoms with van der Waals surface area (Å²) in [6.45, 7) is -0.287.